The van der Waals surface area contributed by atoms with E-state index in [4.69, 9.17) is 5.11 Å². The van der Waals surface area contributed by atoms with Crippen LogP contribution in [0.5, 0.6) is 0 Å². The summed E-state index contributed by atoms with van der Waals surface area (Å²) in [5.74, 6) is -0.752. The zero-order chi connectivity index (χ0) is 14.7. The average Bonchev–Trinajstić information content (AvgIpc) is 2.41. The molecule has 0 aliphatic carbocycles. The Morgan fingerprint density at radius 1 is 0.950 bits per heavy atom. The molecule has 2 heteroatoms. The van der Waals surface area contributed by atoms with E-state index in [1.165, 1.54) is 27.8 Å². The molecule has 0 fully saturated rings. The first-order valence-corrected chi connectivity index (χ1v) is 6.86. The average molecular weight is 268 g/mol. The molecule has 0 spiro atoms. The highest BCUT2D eigenvalue weighted by atomic mass is 16.4. The topological polar surface area (TPSA) is 37.3 Å². The molecule has 1 N–H and O–H groups in total. The summed E-state index contributed by atoms with van der Waals surface area (Å²) in [5, 5.41) is 8.78. The second-order valence-corrected chi connectivity index (χ2v) is 5.34. The highest BCUT2D eigenvalue weighted by Gasteiger charge is 2.06. The maximum absolute atomic E-state index is 10.7. The minimum Gasteiger partial charge on any atom is -0.481 e. The van der Waals surface area contributed by atoms with Gasteiger partial charge in [-0.05, 0) is 60.6 Å². The molecule has 0 aromatic heterocycles. The Bertz CT molecular complexity index is 642. The first-order valence-electron chi connectivity index (χ1n) is 6.86. The van der Waals surface area contributed by atoms with Gasteiger partial charge in [0.25, 0.3) is 0 Å². The fraction of sp³-hybridized carbons (Fsp3) is 0.278. The van der Waals surface area contributed by atoms with E-state index in [-0.39, 0.29) is 6.42 Å². The summed E-state index contributed by atoms with van der Waals surface area (Å²) in [6.45, 7) is 6.31. The lowest BCUT2D eigenvalue weighted by atomic mass is 9.94. The van der Waals surface area contributed by atoms with Crippen LogP contribution in [0.4, 0.5) is 0 Å². The van der Waals surface area contributed by atoms with Crippen LogP contribution in [-0.4, -0.2) is 11.1 Å². The van der Waals surface area contributed by atoms with E-state index in [0.29, 0.717) is 6.42 Å². The zero-order valence-corrected chi connectivity index (χ0v) is 12.2. The Labute approximate surface area is 120 Å². The van der Waals surface area contributed by atoms with E-state index < -0.39 is 5.97 Å². The zero-order valence-electron chi connectivity index (χ0n) is 12.2. The van der Waals surface area contributed by atoms with Gasteiger partial charge >= 0.3 is 5.97 Å². The Morgan fingerprint density at radius 3 is 2.30 bits per heavy atom. The van der Waals surface area contributed by atoms with E-state index in [2.05, 4.69) is 51.1 Å². The van der Waals surface area contributed by atoms with Crippen LogP contribution in [0.1, 0.15) is 28.7 Å². The number of hydrogen-bond acceptors (Lipinski definition) is 1. The number of aliphatic carboxylic acids is 1. The molecule has 2 aromatic carbocycles. The van der Waals surface area contributed by atoms with Gasteiger partial charge in [-0.15, -0.1) is 0 Å². The molecule has 0 saturated heterocycles. The van der Waals surface area contributed by atoms with Crippen LogP contribution < -0.4 is 0 Å². The van der Waals surface area contributed by atoms with Crippen molar-refractivity contribution in [3.8, 4) is 11.1 Å². The predicted molar refractivity (Wildman–Crippen MR) is 82.0 cm³/mol. The molecule has 0 radical (unpaired) electrons. The summed E-state index contributed by atoms with van der Waals surface area (Å²) >= 11 is 0. The second kappa shape index (κ2) is 5.91. The SMILES string of the molecule is Cc1ccc(-c2cc(CCC(=O)O)ccc2C)cc1C. The summed E-state index contributed by atoms with van der Waals surface area (Å²) in [6, 6.07) is 12.7. The van der Waals surface area contributed by atoms with Crippen LogP contribution in [0.2, 0.25) is 0 Å². The highest BCUT2D eigenvalue weighted by Crippen LogP contribution is 2.27. The number of benzene rings is 2. The van der Waals surface area contributed by atoms with Crippen LogP contribution in [-0.2, 0) is 11.2 Å². The molecule has 2 aromatic rings. The standard InChI is InChI=1S/C18H20O2/c1-12-5-8-16(10-14(12)3)17-11-15(6-4-13(17)2)7-9-18(19)20/h4-6,8,10-11H,7,9H2,1-3H3,(H,19,20). The van der Waals surface area contributed by atoms with Crippen molar-refractivity contribution >= 4 is 5.97 Å². The number of carboxylic acids is 1. The van der Waals surface area contributed by atoms with Crippen LogP contribution >= 0.6 is 0 Å². The van der Waals surface area contributed by atoms with Gasteiger partial charge in [0.05, 0.1) is 0 Å². The van der Waals surface area contributed by atoms with Gasteiger partial charge < -0.3 is 5.11 Å². The normalized spacial score (nSPS) is 10.6. The molecule has 20 heavy (non-hydrogen) atoms. The maximum atomic E-state index is 10.7. The Kier molecular flexibility index (Phi) is 4.23. The molecule has 2 rings (SSSR count). The van der Waals surface area contributed by atoms with E-state index in [9.17, 15) is 4.79 Å². The number of carboxylic acid groups (broad SMARTS) is 1. The third-order valence-electron chi connectivity index (χ3n) is 3.75. The smallest absolute Gasteiger partial charge is 0.303 e. The first-order chi connectivity index (χ1) is 9.47. The van der Waals surface area contributed by atoms with E-state index in [1.807, 2.05) is 6.07 Å². The van der Waals surface area contributed by atoms with Crippen molar-refractivity contribution in [2.75, 3.05) is 0 Å². The molecular formula is C18H20O2. The summed E-state index contributed by atoms with van der Waals surface area (Å²) in [4.78, 5) is 10.7. The Morgan fingerprint density at radius 2 is 1.65 bits per heavy atom. The second-order valence-electron chi connectivity index (χ2n) is 5.34. The minimum absolute atomic E-state index is 0.176. The van der Waals surface area contributed by atoms with E-state index in [0.717, 1.165) is 5.56 Å². The summed E-state index contributed by atoms with van der Waals surface area (Å²) in [7, 11) is 0. The van der Waals surface area contributed by atoms with E-state index >= 15 is 0 Å². The van der Waals surface area contributed by atoms with Gasteiger partial charge in [0.1, 0.15) is 0 Å². The molecule has 2 nitrogen and oxygen atoms in total. The van der Waals surface area contributed by atoms with Crippen molar-refractivity contribution in [2.45, 2.75) is 33.6 Å². The lowest BCUT2D eigenvalue weighted by Crippen LogP contribution is -1.98. The van der Waals surface area contributed by atoms with Crippen LogP contribution in [0, 0.1) is 20.8 Å². The highest BCUT2D eigenvalue weighted by molar-refractivity contribution is 5.70. The van der Waals surface area contributed by atoms with Gasteiger partial charge in [-0.1, -0.05) is 36.4 Å². The molecule has 0 amide bonds. The predicted octanol–water partition coefficient (Wildman–Crippen LogP) is 4.30. The molecule has 0 saturated carbocycles. The fourth-order valence-corrected chi connectivity index (χ4v) is 2.30. The van der Waals surface area contributed by atoms with Crippen molar-refractivity contribution in [2.24, 2.45) is 0 Å². The molecule has 0 unspecified atom stereocenters. The van der Waals surface area contributed by atoms with Gasteiger partial charge in [-0.3, -0.25) is 4.79 Å². The van der Waals surface area contributed by atoms with Gasteiger partial charge in [0.15, 0.2) is 0 Å². The molecule has 0 bridgehead atoms. The molecule has 104 valence electrons. The number of aryl methyl sites for hydroxylation is 4. The lowest BCUT2D eigenvalue weighted by molar-refractivity contribution is -0.136. The van der Waals surface area contributed by atoms with Crippen molar-refractivity contribution in [3.05, 3.63) is 58.7 Å². The molecule has 0 heterocycles. The monoisotopic (exact) mass is 268 g/mol. The lowest BCUT2D eigenvalue weighted by Gasteiger charge is -2.11. The summed E-state index contributed by atoms with van der Waals surface area (Å²) in [6.07, 6.45) is 0.753. The van der Waals surface area contributed by atoms with Crippen LogP contribution in [0.25, 0.3) is 11.1 Å². The Hall–Kier alpha value is -2.09. The van der Waals surface area contributed by atoms with Crippen LogP contribution in [0.15, 0.2) is 36.4 Å². The van der Waals surface area contributed by atoms with Gasteiger partial charge in [-0.2, -0.15) is 0 Å². The number of rotatable bonds is 4. The minimum atomic E-state index is -0.752. The fourth-order valence-electron chi connectivity index (χ4n) is 2.30. The van der Waals surface area contributed by atoms with Crippen molar-refractivity contribution in [1.29, 1.82) is 0 Å². The summed E-state index contributed by atoms with van der Waals surface area (Å²) in [5.41, 5.74) is 7.24. The van der Waals surface area contributed by atoms with Crippen molar-refractivity contribution in [3.63, 3.8) is 0 Å². The molecule has 0 aliphatic heterocycles. The maximum Gasteiger partial charge on any atom is 0.303 e. The van der Waals surface area contributed by atoms with Crippen LogP contribution in [0.3, 0.4) is 0 Å². The number of carbonyl (C=O) groups is 1. The molecule has 0 atom stereocenters. The first kappa shape index (κ1) is 14.3. The number of hydrogen-bond donors (Lipinski definition) is 1. The van der Waals surface area contributed by atoms with Gasteiger partial charge in [0.2, 0.25) is 0 Å². The van der Waals surface area contributed by atoms with Crippen molar-refractivity contribution in [1.82, 2.24) is 0 Å². The van der Waals surface area contributed by atoms with Gasteiger partial charge in [0, 0.05) is 6.42 Å². The third kappa shape index (κ3) is 3.27. The Balaban J connectivity index is 2.36. The summed E-state index contributed by atoms with van der Waals surface area (Å²) < 4.78 is 0. The van der Waals surface area contributed by atoms with Gasteiger partial charge in [-0.25, -0.2) is 0 Å². The quantitative estimate of drug-likeness (QED) is 0.897. The van der Waals surface area contributed by atoms with E-state index in [1.54, 1.807) is 0 Å². The largest absolute Gasteiger partial charge is 0.481 e. The molecular weight excluding hydrogens is 248 g/mol. The van der Waals surface area contributed by atoms with Crippen molar-refractivity contribution < 1.29 is 9.90 Å². The molecule has 0 aliphatic rings. The third-order valence-corrected chi connectivity index (χ3v) is 3.75.